The summed E-state index contributed by atoms with van der Waals surface area (Å²) in [6.07, 6.45) is 0.653. The van der Waals surface area contributed by atoms with Crippen LogP contribution in [0, 0.1) is 5.92 Å². The molecule has 0 radical (unpaired) electrons. The number of nitrogens with zero attached hydrogens (tertiary/aromatic N) is 1. The monoisotopic (exact) mass is 303 g/mol. The predicted octanol–water partition coefficient (Wildman–Crippen LogP) is 1.10. The number of rotatable bonds is 3. The Kier molecular flexibility index (Phi) is 3.78. The molecule has 2 bridgehead atoms. The standard InChI is InChI=1S/C17H21NO4/c1-3-22-16(20)12-9-13-15(19)17(21,10-14(12)18(13)2)11-7-5-4-6-8-11/h4-8,12-14,21H,3,9-10H2,1-2H3/t12-,13-,14-,17-/m1/s1. The van der Waals surface area contributed by atoms with Gasteiger partial charge in [-0.15, -0.1) is 0 Å². The zero-order valence-electron chi connectivity index (χ0n) is 12.9. The number of hydrogen-bond donors (Lipinski definition) is 1. The van der Waals surface area contributed by atoms with Crippen LogP contribution in [0.3, 0.4) is 0 Å². The highest BCUT2D eigenvalue weighted by atomic mass is 16.5. The van der Waals surface area contributed by atoms with Crippen LogP contribution in [0.1, 0.15) is 25.3 Å². The van der Waals surface area contributed by atoms with Crippen molar-refractivity contribution in [3.8, 4) is 0 Å². The highest BCUT2D eigenvalue weighted by Gasteiger charge is 2.58. The van der Waals surface area contributed by atoms with E-state index in [-0.39, 0.29) is 30.1 Å². The Morgan fingerprint density at radius 2 is 2.09 bits per heavy atom. The van der Waals surface area contributed by atoms with E-state index in [1.807, 2.05) is 30.1 Å². The van der Waals surface area contributed by atoms with Crippen molar-refractivity contribution in [2.45, 2.75) is 37.5 Å². The maximum absolute atomic E-state index is 12.8. The van der Waals surface area contributed by atoms with E-state index in [1.54, 1.807) is 19.1 Å². The van der Waals surface area contributed by atoms with Crippen molar-refractivity contribution >= 4 is 11.8 Å². The number of likely N-dealkylation sites (N-methyl/N-ethyl adjacent to an activating group) is 1. The number of ketones is 1. The number of carbonyl (C=O) groups excluding carboxylic acids is 2. The third-order valence-corrected chi connectivity index (χ3v) is 5.01. The normalized spacial score (nSPS) is 34.7. The lowest BCUT2D eigenvalue weighted by Crippen LogP contribution is -2.56. The van der Waals surface area contributed by atoms with Crippen molar-refractivity contribution in [2.75, 3.05) is 13.7 Å². The fraction of sp³-hybridized carbons (Fsp3) is 0.529. The Morgan fingerprint density at radius 1 is 1.41 bits per heavy atom. The molecular formula is C17H21NO4. The van der Waals surface area contributed by atoms with Crippen molar-refractivity contribution < 1.29 is 19.4 Å². The van der Waals surface area contributed by atoms with Crippen LogP contribution >= 0.6 is 0 Å². The first-order chi connectivity index (χ1) is 10.5. The first-order valence-electron chi connectivity index (χ1n) is 7.70. The Labute approximate surface area is 129 Å². The molecule has 0 amide bonds. The smallest absolute Gasteiger partial charge is 0.310 e. The second-order valence-electron chi connectivity index (χ2n) is 6.14. The molecule has 0 spiro atoms. The molecule has 2 aliphatic rings. The van der Waals surface area contributed by atoms with E-state index in [9.17, 15) is 14.7 Å². The van der Waals surface area contributed by atoms with E-state index in [0.717, 1.165) is 0 Å². The Balaban J connectivity index is 1.94. The summed E-state index contributed by atoms with van der Waals surface area (Å²) in [5.41, 5.74) is -0.905. The van der Waals surface area contributed by atoms with Crippen LogP contribution in [0.15, 0.2) is 30.3 Å². The summed E-state index contributed by atoms with van der Waals surface area (Å²) in [7, 11) is 1.84. The van der Waals surface area contributed by atoms with Crippen molar-refractivity contribution in [1.29, 1.82) is 0 Å². The van der Waals surface area contributed by atoms with Gasteiger partial charge < -0.3 is 9.84 Å². The van der Waals surface area contributed by atoms with Gasteiger partial charge in [-0.3, -0.25) is 14.5 Å². The molecular weight excluding hydrogens is 282 g/mol. The van der Waals surface area contributed by atoms with Gasteiger partial charge in [0.1, 0.15) is 0 Å². The summed E-state index contributed by atoms with van der Waals surface area (Å²) in [6, 6.07) is 8.39. The minimum absolute atomic E-state index is 0.174. The van der Waals surface area contributed by atoms with Gasteiger partial charge in [-0.25, -0.2) is 0 Å². The molecule has 22 heavy (non-hydrogen) atoms. The maximum atomic E-state index is 12.8. The van der Waals surface area contributed by atoms with Gasteiger partial charge in [-0.1, -0.05) is 30.3 Å². The van der Waals surface area contributed by atoms with Crippen molar-refractivity contribution in [3.63, 3.8) is 0 Å². The Bertz CT molecular complexity index is 588. The van der Waals surface area contributed by atoms with Crippen LogP contribution in [-0.4, -0.2) is 47.5 Å². The number of esters is 1. The van der Waals surface area contributed by atoms with E-state index >= 15 is 0 Å². The van der Waals surface area contributed by atoms with E-state index in [4.69, 9.17) is 4.74 Å². The van der Waals surface area contributed by atoms with Gasteiger partial charge >= 0.3 is 5.97 Å². The predicted molar refractivity (Wildman–Crippen MR) is 80.0 cm³/mol. The lowest BCUT2D eigenvalue weighted by Gasteiger charge is -2.41. The molecule has 0 aliphatic carbocycles. The molecule has 1 aromatic rings. The van der Waals surface area contributed by atoms with Crippen LogP contribution in [0.2, 0.25) is 0 Å². The zero-order chi connectivity index (χ0) is 15.9. The molecule has 2 aliphatic heterocycles. The van der Waals surface area contributed by atoms with Crippen LogP contribution < -0.4 is 0 Å². The topological polar surface area (TPSA) is 66.8 Å². The molecule has 4 atom stereocenters. The van der Waals surface area contributed by atoms with Gasteiger partial charge in [0.2, 0.25) is 0 Å². The number of fused-ring (bicyclic) bond motifs is 2. The molecule has 2 saturated heterocycles. The lowest BCUT2D eigenvalue weighted by atomic mass is 9.79. The first kappa shape index (κ1) is 15.2. The molecule has 0 saturated carbocycles. The minimum Gasteiger partial charge on any atom is -0.466 e. The SMILES string of the molecule is CCOC(=O)[C@@H]1C[C@@H]2C(=O)[C@](O)(c3ccccc3)C[C@H]1N2C. The van der Waals surface area contributed by atoms with E-state index in [1.165, 1.54) is 0 Å². The third-order valence-electron chi connectivity index (χ3n) is 5.01. The van der Waals surface area contributed by atoms with Crippen LogP contribution in [0.5, 0.6) is 0 Å². The summed E-state index contributed by atoms with van der Waals surface area (Å²) in [5.74, 6) is -0.840. The minimum atomic E-state index is -1.51. The second-order valence-corrected chi connectivity index (χ2v) is 6.14. The molecule has 2 heterocycles. The highest BCUT2D eigenvalue weighted by Crippen LogP contribution is 2.45. The number of aliphatic hydroxyl groups is 1. The molecule has 1 N–H and O–H groups in total. The van der Waals surface area contributed by atoms with Crippen molar-refractivity contribution in [3.05, 3.63) is 35.9 Å². The summed E-state index contributed by atoms with van der Waals surface area (Å²) in [5, 5.41) is 11.0. The molecule has 3 rings (SSSR count). The quantitative estimate of drug-likeness (QED) is 0.847. The first-order valence-corrected chi connectivity index (χ1v) is 7.70. The van der Waals surface area contributed by atoms with Gasteiger partial charge in [0, 0.05) is 12.5 Å². The largest absolute Gasteiger partial charge is 0.466 e. The fourth-order valence-electron chi connectivity index (χ4n) is 3.81. The molecule has 5 nitrogen and oxygen atoms in total. The lowest BCUT2D eigenvalue weighted by molar-refractivity contribution is -0.155. The summed E-state index contributed by atoms with van der Waals surface area (Å²) < 4.78 is 5.13. The van der Waals surface area contributed by atoms with Gasteiger partial charge in [0.05, 0.1) is 18.6 Å². The number of carbonyl (C=O) groups is 2. The van der Waals surface area contributed by atoms with E-state index in [2.05, 4.69) is 0 Å². The molecule has 1 aromatic carbocycles. The third kappa shape index (κ3) is 2.16. The Morgan fingerprint density at radius 3 is 2.73 bits per heavy atom. The molecule has 2 fully saturated rings. The van der Waals surface area contributed by atoms with Crippen LogP contribution in [0.4, 0.5) is 0 Å². The van der Waals surface area contributed by atoms with Gasteiger partial charge in [0.15, 0.2) is 11.4 Å². The summed E-state index contributed by atoms with van der Waals surface area (Å²) in [4.78, 5) is 26.9. The number of benzene rings is 1. The van der Waals surface area contributed by atoms with Crippen LogP contribution in [0.25, 0.3) is 0 Å². The van der Waals surface area contributed by atoms with E-state index in [0.29, 0.717) is 18.6 Å². The van der Waals surface area contributed by atoms with Gasteiger partial charge in [-0.05, 0) is 26.0 Å². The average molecular weight is 303 g/mol. The van der Waals surface area contributed by atoms with E-state index < -0.39 is 11.6 Å². The van der Waals surface area contributed by atoms with Crippen LogP contribution in [-0.2, 0) is 19.9 Å². The summed E-state index contributed by atoms with van der Waals surface area (Å²) >= 11 is 0. The number of piperidine rings is 1. The number of hydrogen-bond acceptors (Lipinski definition) is 5. The molecule has 0 aromatic heterocycles. The molecule has 118 valence electrons. The highest BCUT2D eigenvalue weighted by molar-refractivity contribution is 5.95. The maximum Gasteiger partial charge on any atom is 0.310 e. The zero-order valence-corrected chi connectivity index (χ0v) is 12.9. The number of ether oxygens (including phenoxy) is 1. The average Bonchev–Trinajstić information content (AvgIpc) is 2.77. The second kappa shape index (κ2) is 5.48. The molecule has 5 heteroatoms. The fourth-order valence-corrected chi connectivity index (χ4v) is 3.81. The van der Waals surface area contributed by atoms with Gasteiger partial charge in [-0.2, -0.15) is 0 Å². The Hall–Kier alpha value is -1.72. The van der Waals surface area contributed by atoms with Crippen molar-refractivity contribution in [2.24, 2.45) is 5.92 Å². The number of Topliss-reactive ketones (excluding diaryl/α,β-unsaturated/α-hetero) is 1. The van der Waals surface area contributed by atoms with Crippen molar-refractivity contribution in [1.82, 2.24) is 4.90 Å². The summed E-state index contributed by atoms with van der Waals surface area (Å²) in [6.45, 7) is 2.10. The molecule has 0 unspecified atom stereocenters. The van der Waals surface area contributed by atoms with Gasteiger partial charge in [0.25, 0.3) is 0 Å².